The molecule has 3 N–H and O–H groups in total. The van der Waals surface area contributed by atoms with Crippen molar-refractivity contribution in [2.75, 3.05) is 19.3 Å². The van der Waals surface area contributed by atoms with E-state index in [4.69, 9.17) is 5.11 Å². The van der Waals surface area contributed by atoms with Crippen molar-refractivity contribution in [3.63, 3.8) is 0 Å². The highest BCUT2D eigenvalue weighted by Gasteiger charge is 2.15. The predicted molar refractivity (Wildman–Crippen MR) is 84.7 cm³/mol. The second-order valence-electron chi connectivity index (χ2n) is 5.67. The first-order valence-electron chi connectivity index (χ1n) is 7.29. The SMILES string of the molecule is CC(C)C(CCNC(=O)NCC(C)S(C)=O)CCC(=O)O. The zero-order chi connectivity index (χ0) is 16.4. The van der Waals surface area contributed by atoms with Gasteiger partial charge in [0.2, 0.25) is 0 Å². The number of carbonyl (C=O) groups is 2. The van der Waals surface area contributed by atoms with E-state index in [9.17, 15) is 13.8 Å². The highest BCUT2D eigenvalue weighted by Crippen LogP contribution is 2.20. The van der Waals surface area contributed by atoms with Crippen LogP contribution in [0.3, 0.4) is 0 Å². The van der Waals surface area contributed by atoms with Crippen molar-refractivity contribution in [1.29, 1.82) is 0 Å². The molecule has 0 rings (SSSR count). The number of carboxylic acid groups (broad SMARTS) is 1. The van der Waals surface area contributed by atoms with Crippen LogP contribution in [0.1, 0.15) is 40.0 Å². The number of rotatable bonds is 10. The summed E-state index contributed by atoms with van der Waals surface area (Å²) in [6, 6.07) is -0.270. The first-order valence-corrected chi connectivity index (χ1v) is 8.91. The zero-order valence-corrected chi connectivity index (χ0v) is 14.2. The first-order chi connectivity index (χ1) is 9.73. The minimum atomic E-state index is -0.951. The smallest absolute Gasteiger partial charge is 0.314 e. The summed E-state index contributed by atoms with van der Waals surface area (Å²) in [6.45, 7) is 6.83. The van der Waals surface area contributed by atoms with Gasteiger partial charge in [-0.25, -0.2) is 4.79 Å². The van der Waals surface area contributed by atoms with Crippen molar-refractivity contribution in [2.45, 2.75) is 45.3 Å². The molecule has 0 aromatic heterocycles. The van der Waals surface area contributed by atoms with Crippen LogP contribution in [0.25, 0.3) is 0 Å². The quantitative estimate of drug-likeness (QED) is 0.569. The Kier molecular flexibility index (Phi) is 10.0. The third-order valence-electron chi connectivity index (χ3n) is 3.59. The van der Waals surface area contributed by atoms with Gasteiger partial charge in [-0.3, -0.25) is 9.00 Å². The molecular formula is C14H28N2O4S. The Morgan fingerprint density at radius 1 is 1.14 bits per heavy atom. The van der Waals surface area contributed by atoms with E-state index in [1.54, 1.807) is 6.26 Å². The van der Waals surface area contributed by atoms with Crippen molar-refractivity contribution in [3.05, 3.63) is 0 Å². The van der Waals surface area contributed by atoms with Gasteiger partial charge in [-0.05, 0) is 31.6 Å². The zero-order valence-electron chi connectivity index (χ0n) is 13.3. The lowest BCUT2D eigenvalue weighted by molar-refractivity contribution is -0.137. The lowest BCUT2D eigenvalue weighted by atomic mass is 9.88. The summed E-state index contributed by atoms with van der Waals surface area (Å²) in [5, 5.41) is 14.1. The summed E-state index contributed by atoms with van der Waals surface area (Å²) in [7, 11) is -0.951. The number of carbonyl (C=O) groups excluding carboxylic acids is 1. The molecule has 0 aromatic carbocycles. The molecule has 0 fully saturated rings. The van der Waals surface area contributed by atoms with E-state index in [1.807, 2.05) is 6.92 Å². The number of amides is 2. The van der Waals surface area contributed by atoms with Gasteiger partial charge in [-0.15, -0.1) is 0 Å². The van der Waals surface area contributed by atoms with Crippen LogP contribution in [0.2, 0.25) is 0 Å². The average molecular weight is 320 g/mol. The lowest BCUT2D eigenvalue weighted by Crippen LogP contribution is -2.40. The van der Waals surface area contributed by atoms with E-state index in [1.165, 1.54) is 0 Å². The van der Waals surface area contributed by atoms with Crippen LogP contribution in [0, 0.1) is 11.8 Å². The van der Waals surface area contributed by atoms with E-state index in [-0.39, 0.29) is 23.6 Å². The molecule has 124 valence electrons. The second-order valence-corrected chi connectivity index (χ2v) is 7.47. The van der Waals surface area contributed by atoms with Crippen molar-refractivity contribution < 1.29 is 18.9 Å². The molecule has 0 aliphatic heterocycles. The standard InChI is InChI=1S/C14H28N2O4S/c1-10(2)12(5-6-13(17)18)7-8-15-14(19)16-9-11(3)21(4)20/h10-12H,5-9H2,1-4H3,(H,17,18)(H2,15,16,19). The van der Waals surface area contributed by atoms with Crippen molar-refractivity contribution >= 4 is 22.8 Å². The Labute approximate surface area is 129 Å². The third-order valence-corrected chi connectivity index (χ3v) is 4.89. The van der Waals surface area contributed by atoms with Crippen LogP contribution >= 0.6 is 0 Å². The number of hydrogen-bond donors (Lipinski definition) is 3. The van der Waals surface area contributed by atoms with E-state index < -0.39 is 16.8 Å². The van der Waals surface area contributed by atoms with Crippen LogP contribution in [0.5, 0.6) is 0 Å². The molecule has 6 nitrogen and oxygen atoms in total. The van der Waals surface area contributed by atoms with E-state index in [2.05, 4.69) is 24.5 Å². The molecule has 21 heavy (non-hydrogen) atoms. The van der Waals surface area contributed by atoms with Crippen molar-refractivity contribution in [1.82, 2.24) is 10.6 Å². The highest BCUT2D eigenvalue weighted by atomic mass is 32.2. The highest BCUT2D eigenvalue weighted by molar-refractivity contribution is 7.84. The summed E-state index contributed by atoms with van der Waals surface area (Å²) in [5.74, 6) is -0.117. The van der Waals surface area contributed by atoms with Crippen molar-refractivity contribution in [2.24, 2.45) is 11.8 Å². The van der Waals surface area contributed by atoms with Gasteiger partial charge < -0.3 is 15.7 Å². The maximum Gasteiger partial charge on any atom is 0.314 e. The average Bonchev–Trinajstić information content (AvgIpc) is 2.38. The van der Waals surface area contributed by atoms with Gasteiger partial charge in [0.05, 0.1) is 0 Å². The Bertz CT molecular complexity index is 361. The minimum Gasteiger partial charge on any atom is -0.481 e. The maximum atomic E-state index is 11.6. The summed E-state index contributed by atoms with van der Waals surface area (Å²) in [5.41, 5.74) is 0. The molecule has 0 saturated carbocycles. The predicted octanol–water partition coefficient (Wildman–Crippen LogP) is 1.58. The monoisotopic (exact) mass is 320 g/mol. The lowest BCUT2D eigenvalue weighted by Gasteiger charge is -2.20. The Balaban J connectivity index is 3.94. The molecule has 0 aliphatic carbocycles. The molecule has 0 saturated heterocycles. The number of hydrogen-bond acceptors (Lipinski definition) is 3. The van der Waals surface area contributed by atoms with Crippen molar-refractivity contribution in [3.8, 4) is 0 Å². The fourth-order valence-corrected chi connectivity index (χ4v) is 2.23. The van der Waals surface area contributed by atoms with Gasteiger partial charge in [0, 0.05) is 41.8 Å². The van der Waals surface area contributed by atoms with Gasteiger partial charge in [0.15, 0.2) is 0 Å². The summed E-state index contributed by atoms with van der Waals surface area (Å²) < 4.78 is 11.2. The summed E-state index contributed by atoms with van der Waals surface area (Å²) in [6.07, 6.45) is 3.16. The molecule has 0 radical (unpaired) electrons. The van der Waals surface area contributed by atoms with E-state index >= 15 is 0 Å². The molecule has 7 heteroatoms. The van der Waals surface area contributed by atoms with Gasteiger partial charge in [0.1, 0.15) is 0 Å². The normalized spacial score (nSPS) is 15.3. The fraction of sp³-hybridized carbons (Fsp3) is 0.857. The minimum absolute atomic E-state index is 0.0743. The molecule has 0 heterocycles. The molecular weight excluding hydrogens is 292 g/mol. The van der Waals surface area contributed by atoms with Gasteiger partial charge in [-0.1, -0.05) is 13.8 Å². The van der Waals surface area contributed by atoms with Crippen LogP contribution in [0.4, 0.5) is 4.79 Å². The van der Waals surface area contributed by atoms with Gasteiger partial charge in [0.25, 0.3) is 0 Å². The summed E-state index contributed by atoms with van der Waals surface area (Å²) >= 11 is 0. The number of nitrogens with one attached hydrogen (secondary N) is 2. The molecule has 0 aromatic rings. The van der Waals surface area contributed by atoms with Crippen LogP contribution in [-0.4, -0.2) is 45.9 Å². The van der Waals surface area contributed by atoms with Crippen LogP contribution in [-0.2, 0) is 15.6 Å². The fourth-order valence-electron chi connectivity index (χ4n) is 1.91. The van der Waals surface area contributed by atoms with Gasteiger partial charge in [-0.2, -0.15) is 0 Å². The Hall–Kier alpha value is -1.11. The maximum absolute atomic E-state index is 11.6. The third kappa shape index (κ3) is 10.3. The number of urea groups is 1. The largest absolute Gasteiger partial charge is 0.481 e. The van der Waals surface area contributed by atoms with E-state index in [0.717, 1.165) is 6.42 Å². The second kappa shape index (κ2) is 10.6. The molecule has 0 bridgehead atoms. The molecule has 2 amide bonds. The molecule has 0 spiro atoms. The molecule has 3 atom stereocenters. The molecule has 0 aliphatic rings. The Morgan fingerprint density at radius 2 is 1.76 bits per heavy atom. The summed E-state index contributed by atoms with van der Waals surface area (Å²) in [4.78, 5) is 22.2. The number of aliphatic carboxylic acids is 1. The Morgan fingerprint density at radius 3 is 2.24 bits per heavy atom. The number of carboxylic acids is 1. The van der Waals surface area contributed by atoms with Crippen LogP contribution < -0.4 is 10.6 Å². The van der Waals surface area contributed by atoms with E-state index in [0.29, 0.717) is 25.4 Å². The van der Waals surface area contributed by atoms with Crippen LogP contribution in [0.15, 0.2) is 0 Å². The van der Waals surface area contributed by atoms with Gasteiger partial charge >= 0.3 is 12.0 Å². The topological polar surface area (TPSA) is 95.5 Å². The molecule has 3 unspecified atom stereocenters. The first kappa shape index (κ1) is 19.9.